The summed E-state index contributed by atoms with van der Waals surface area (Å²) in [6, 6.07) is 22.9. The fourth-order valence-corrected chi connectivity index (χ4v) is 4.19. The van der Waals surface area contributed by atoms with Crippen molar-refractivity contribution in [2.24, 2.45) is 0 Å². The van der Waals surface area contributed by atoms with E-state index in [1.165, 1.54) is 29.2 Å². The summed E-state index contributed by atoms with van der Waals surface area (Å²) in [6.07, 6.45) is -0.520. The van der Waals surface area contributed by atoms with Crippen molar-refractivity contribution in [3.63, 3.8) is 0 Å². The van der Waals surface area contributed by atoms with Gasteiger partial charge in [0.15, 0.2) is 0 Å². The van der Waals surface area contributed by atoms with Crippen molar-refractivity contribution in [3.8, 4) is 5.75 Å². The second-order valence-electron chi connectivity index (χ2n) is 8.93. The Morgan fingerprint density at radius 3 is 2.21 bits per heavy atom. The molecule has 1 amide bonds. The van der Waals surface area contributed by atoms with E-state index in [4.69, 9.17) is 9.47 Å². The van der Waals surface area contributed by atoms with Crippen LogP contribution < -0.4 is 15.4 Å². The molecule has 0 bridgehead atoms. The number of non-ortho nitro benzene ring substituents is 1. The maximum absolute atomic E-state index is 13.5. The van der Waals surface area contributed by atoms with Crippen molar-refractivity contribution >= 4 is 17.7 Å². The molecule has 2 N–H and O–H groups in total. The molecular formula is C28H30N4O6. The highest BCUT2D eigenvalue weighted by molar-refractivity contribution is 5.82. The van der Waals surface area contributed by atoms with Crippen LogP contribution in [0.3, 0.4) is 0 Å². The van der Waals surface area contributed by atoms with Gasteiger partial charge in [-0.25, -0.2) is 9.59 Å². The molecule has 0 spiro atoms. The monoisotopic (exact) mass is 518 g/mol. The van der Waals surface area contributed by atoms with Gasteiger partial charge in [0.05, 0.1) is 4.92 Å². The number of amides is 1. The zero-order valence-electron chi connectivity index (χ0n) is 20.8. The molecule has 2 atom stereocenters. The number of nitrogens with zero attached hydrogens (tertiary/aromatic N) is 2. The molecule has 0 aromatic heterocycles. The minimum Gasteiger partial charge on any atom is -0.459 e. The Kier molecular flexibility index (Phi) is 9.38. The molecule has 3 aromatic rings. The van der Waals surface area contributed by atoms with E-state index in [-0.39, 0.29) is 37.1 Å². The van der Waals surface area contributed by atoms with Crippen molar-refractivity contribution in [3.05, 3.63) is 106 Å². The molecule has 4 rings (SSSR count). The van der Waals surface area contributed by atoms with Gasteiger partial charge in [0.25, 0.3) is 5.69 Å². The largest absolute Gasteiger partial charge is 0.459 e. The van der Waals surface area contributed by atoms with Gasteiger partial charge in [-0.05, 0) is 23.3 Å². The number of rotatable bonds is 10. The summed E-state index contributed by atoms with van der Waals surface area (Å²) >= 11 is 0. The SMILES string of the molecule is O=C(OCc1ccccc1)C(Cc1ccccc1)N(CC1CNCCN1)C(=O)Oc1ccc([N+](=O)[O-])cc1. The molecule has 1 aliphatic heterocycles. The molecule has 0 saturated carbocycles. The lowest BCUT2D eigenvalue weighted by Gasteiger charge is -2.34. The van der Waals surface area contributed by atoms with Gasteiger partial charge in [-0.3, -0.25) is 15.0 Å². The molecule has 10 nitrogen and oxygen atoms in total. The van der Waals surface area contributed by atoms with Crippen LogP contribution in [-0.2, 0) is 22.6 Å². The van der Waals surface area contributed by atoms with Crippen molar-refractivity contribution < 1.29 is 24.0 Å². The van der Waals surface area contributed by atoms with E-state index in [0.29, 0.717) is 6.54 Å². The number of benzene rings is 3. The fraction of sp³-hybridized carbons (Fsp3) is 0.286. The number of piperazine rings is 1. The first kappa shape index (κ1) is 26.8. The maximum Gasteiger partial charge on any atom is 0.416 e. The van der Waals surface area contributed by atoms with Gasteiger partial charge in [0.2, 0.25) is 0 Å². The topological polar surface area (TPSA) is 123 Å². The first-order valence-corrected chi connectivity index (χ1v) is 12.4. The van der Waals surface area contributed by atoms with Crippen LogP contribution in [-0.4, -0.2) is 60.1 Å². The van der Waals surface area contributed by atoms with Crippen LogP contribution in [0.2, 0.25) is 0 Å². The third-order valence-electron chi connectivity index (χ3n) is 6.17. The highest BCUT2D eigenvalue weighted by atomic mass is 16.6. The van der Waals surface area contributed by atoms with Crippen molar-refractivity contribution in [2.75, 3.05) is 26.2 Å². The van der Waals surface area contributed by atoms with Gasteiger partial charge in [-0.15, -0.1) is 0 Å². The van der Waals surface area contributed by atoms with E-state index in [1.807, 2.05) is 60.7 Å². The first-order valence-electron chi connectivity index (χ1n) is 12.4. The number of carbonyl (C=O) groups excluding carboxylic acids is 2. The molecule has 2 unspecified atom stereocenters. The van der Waals surface area contributed by atoms with Crippen molar-refractivity contribution in [1.29, 1.82) is 0 Å². The molecule has 10 heteroatoms. The number of nitro groups is 1. The number of hydrogen-bond donors (Lipinski definition) is 2. The lowest BCUT2D eigenvalue weighted by molar-refractivity contribution is -0.384. The zero-order valence-corrected chi connectivity index (χ0v) is 20.8. The van der Waals surface area contributed by atoms with Gasteiger partial charge in [-0.2, -0.15) is 0 Å². The number of nitrogens with one attached hydrogen (secondary N) is 2. The Morgan fingerprint density at radius 1 is 0.947 bits per heavy atom. The van der Waals surface area contributed by atoms with Crippen LogP contribution in [0, 0.1) is 10.1 Å². The molecule has 1 fully saturated rings. The minimum atomic E-state index is -0.963. The summed E-state index contributed by atoms with van der Waals surface area (Å²) in [5, 5.41) is 17.6. The van der Waals surface area contributed by atoms with Gasteiger partial charge in [-0.1, -0.05) is 60.7 Å². The lowest BCUT2D eigenvalue weighted by atomic mass is 10.0. The Hall–Kier alpha value is -4.28. The van der Waals surface area contributed by atoms with Gasteiger partial charge >= 0.3 is 12.1 Å². The standard InChI is InChI=1S/C28H30N4O6/c33-27(37-20-22-9-5-2-6-10-22)26(17-21-7-3-1-4-8-21)31(19-23-18-29-15-16-30-23)28(34)38-25-13-11-24(12-14-25)32(35)36/h1-14,23,26,29-30H,15-20H2. The molecule has 1 heterocycles. The predicted molar refractivity (Wildman–Crippen MR) is 141 cm³/mol. The molecule has 0 radical (unpaired) electrons. The molecule has 1 aliphatic rings. The minimum absolute atomic E-state index is 0.0689. The van der Waals surface area contributed by atoms with Gasteiger partial charge < -0.3 is 20.1 Å². The highest BCUT2D eigenvalue weighted by Gasteiger charge is 2.35. The van der Waals surface area contributed by atoms with E-state index < -0.39 is 23.0 Å². The lowest BCUT2D eigenvalue weighted by Crippen LogP contribution is -2.58. The molecule has 38 heavy (non-hydrogen) atoms. The third kappa shape index (κ3) is 7.61. The van der Waals surface area contributed by atoms with Gasteiger partial charge in [0.1, 0.15) is 18.4 Å². The summed E-state index contributed by atoms with van der Waals surface area (Å²) in [6.45, 7) is 2.39. The molecule has 198 valence electrons. The van der Waals surface area contributed by atoms with Crippen LogP contribution in [0.5, 0.6) is 5.75 Å². The predicted octanol–water partition coefficient (Wildman–Crippen LogP) is 3.31. The Bertz CT molecular complexity index is 1200. The third-order valence-corrected chi connectivity index (χ3v) is 6.17. The van der Waals surface area contributed by atoms with Crippen molar-refractivity contribution in [1.82, 2.24) is 15.5 Å². The fourth-order valence-electron chi connectivity index (χ4n) is 4.19. The molecule has 3 aromatic carbocycles. The van der Waals surface area contributed by atoms with Crippen LogP contribution >= 0.6 is 0 Å². The quantitative estimate of drug-likeness (QED) is 0.238. The van der Waals surface area contributed by atoms with Crippen molar-refractivity contribution in [2.45, 2.75) is 25.1 Å². The summed E-state index contributed by atoms with van der Waals surface area (Å²) in [5.41, 5.74) is 1.57. The maximum atomic E-state index is 13.5. The van der Waals surface area contributed by atoms with Crippen LogP contribution in [0.15, 0.2) is 84.9 Å². The Balaban J connectivity index is 1.59. The summed E-state index contributed by atoms with van der Waals surface area (Å²) in [4.78, 5) is 38.9. The molecule has 1 saturated heterocycles. The number of esters is 1. The van der Waals surface area contributed by atoms with Crippen LogP contribution in [0.1, 0.15) is 11.1 Å². The smallest absolute Gasteiger partial charge is 0.416 e. The van der Waals surface area contributed by atoms with E-state index in [1.54, 1.807) is 0 Å². The van der Waals surface area contributed by atoms with E-state index in [0.717, 1.165) is 24.2 Å². The van der Waals surface area contributed by atoms with E-state index >= 15 is 0 Å². The highest BCUT2D eigenvalue weighted by Crippen LogP contribution is 2.20. The number of ether oxygens (including phenoxy) is 2. The van der Waals surface area contributed by atoms with E-state index in [2.05, 4.69) is 10.6 Å². The zero-order chi connectivity index (χ0) is 26.7. The second kappa shape index (κ2) is 13.3. The van der Waals surface area contributed by atoms with Gasteiger partial charge in [0, 0.05) is 50.8 Å². The molecule has 0 aliphatic carbocycles. The normalized spacial score (nSPS) is 15.7. The van der Waals surface area contributed by atoms with E-state index in [9.17, 15) is 19.7 Å². The summed E-state index contributed by atoms with van der Waals surface area (Å²) in [7, 11) is 0. The van der Waals surface area contributed by atoms with Crippen LogP contribution in [0.25, 0.3) is 0 Å². The first-order chi connectivity index (χ1) is 18.5. The Labute approximate surface area is 220 Å². The second-order valence-corrected chi connectivity index (χ2v) is 8.93. The number of carbonyl (C=O) groups is 2. The average Bonchev–Trinajstić information content (AvgIpc) is 2.95. The number of hydrogen-bond acceptors (Lipinski definition) is 8. The Morgan fingerprint density at radius 2 is 1.61 bits per heavy atom. The summed E-state index contributed by atoms with van der Waals surface area (Å²) < 4.78 is 11.3. The molecular weight excluding hydrogens is 488 g/mol. The summed E-state index contributed by atoms with van der Waals surface area (Å²) in [5.74, 6) is -0.418. The van der Waals surface area contributed by atoms with Crippen LogP contribution in [0.4, 0.5) is 10.5 Å². The average molecular weight is 519 g/mol. The number of nitro benzene ring substituents is 1.